The number of rotatable bonds is 7. The number of nitrogens with one attached hydrogen (secondary N) is 1. The summed E-state index contributed by atoms with van der Waals surface area (Å²) in [7, 11) is -0.385. The molecule has 1 aromatic rings. The Hall–Kier alpha value is -1.74. The highest BCUT2D eigenvalue weighted by Gasteiger charge is 2.45. The van der Waals surface area contributed by atoms with Gasteiger partial charge in [-0.05, 0) is 26.2 Å². The van der Waals surface area contributed by atoms with Crippen LogP contribution in [0.3, 0.4) is 0 Å². The normalized spacial score (nSPS) is 21.5. The summed E-state index contributed by atoms with van der Waals surface area (Å²) < 4.78 is 34.0. The number of aryl methyl sites for hydroxylation is 1. The van der Waals surface area contributed by atoms with Gasteiger partial charge in [0.25, 0.3) is 11.4 Å². The Morgan fingerprint density at radius 1 is 1.27 bits per heavy atom. The summed E-state index contributed by atoms with van der Waals surface area (Å²) in [5.41, 5.74) is -0.510. The third kappa shape index (κ3) is 4.15. The Morgan fingerprint density at radius 2 is 1.92 bits per heavy atom. The third-order valence-corrected chi connectivity index (χ3v) is 6.34. The van der Waals surface area contributed by atoms with Crippen molar-refractivity contribution in [3.05, 3.63) is 32.6 Å². The predicted octanol–water partition coefficient (Wildman–Crippen LogP) is 0.940. The van der Waals surface area contributed by atoms with E-state index in [4.69, 9.17) is 13.8 Å². The molecule has 1 heterocycles. The topological polar surface area (TPSA) is 126 Å². The zero-order chi connectivity index (χ0) is 19.5. The van der Waals surface area contributed by atoms with E-state index in [1.54, 1.807) is 6.92 Å². The van der Waals surface area contributed by atoms with Gasteiger partial charge in [-0.15, -0.1) is 0 Å². The number of aromatic amines is 1. The van der Waals surface area contributed by atoms with Crippen LogP contribution in [0.15, 0.2) is 15.8 Å². The molecule has 0 amide bonds. The van der Waals surface area contributed by atoms with E-state index in [1.807, 2.05) is 0 Å². The summed E-state index contributed by atoms with van der Waals surface area (Å²) >= 11 is 0. The average Bonchev–Trinajstić information content (AvgIpc) is 3.09. The maximum Gasteiger partial charge on any atom is 0.370 e. The fourth-order valence-electron chi connectivity index (χ4n) is 2.96. The number of ether oxygens (including phenoxy) is 2. The molecule has 0 bridgehead atoms. The van der Waals surface area contributed by atoms with E-state index in [9.17, 15) is 18.9 Å². The molecule has 1 unspecified atom stereocenters. The smallest absolute Gasteiger partial charge is 0.370 e. The van der Waals surface area contributed by atoms with E-state index in [1.165, 1.54) is 10.8 Å². The van der Waals surface area contributed by atoms with Gasteiger partial charge in [-0.25, -0.2) is 9.59 Å². The molecule has 3 atom stereocenters. The van der Waals surface area contributed by atoms with Gasteiger partial charge in [0, 0.05) is 32.0 Å². The molecule has 26 heavy (non-hydrogen) atoms. The summed E-state index contributed by atoms with van der Waals surface area (Å²) in [6.07, 6.45) is 2.56. The van der Waals surface area contributed by atoms with Crippen LogP contribution in [0.2, 0.25) is 0 Å². The summed E-state index contributed by atoms with van der Waals surface area (Å²) in [5.74, 6) is -2.38. The fraction of sp³-hybridized carbons (Fsp3) is 0.667. The zero-order valence-corrected chi connectivity index (χ0v) is 16.0. The second kappa shape index (κ2) is 8.30. The first-order chi connectivity index (χ1) is 12.3. The van der Waals surface area contributed by atoms with Gasteiger partial charge in [-0.3, -0.25) is 18.9 Å². The lowest BCUT2D eigenvalue weighted by molar-refractivity contribution is -0.152. The molecule has 1 aliphatic rings. The standard InChI is InChI=1S/C15H23N2O8P/c1-9-8-17(15(20)16-12(9)18)10-5-6-11(7-10)25-14(13(19)22-2)26(21,23-3)24-4/h8,10-11,14H,5-7H2,1-4H3,(H,16,18,20)/t10-,11+,14?/m0/s1. The number of aromatic nitrogens is 2. The van der Waals surface area contributed by atoms with Crippen molar-refractivity contribution in [2.24, 2.45) is 0 Å². The zero-order valence-electron chi connectivity index (χ0n) is 15.1. The lowest BCUT2D eigenvalue weighted by Gasteiger charge is -2.25. The Labute approximate surface area is 149 Å². The van der Waals surface area contributed by atoms with Crippen LogP contribution < -0.4 is 11.2 Å². The molecule has 10 nitrogen and oxygen atoms in total. The monoisotopic (exact) mass is 390 g/mol. The SMILES string of the molecule is COC(=O)C(O[C@@H]1CC[C@H](n2cc(C)c(=O)[nH]c2=O)C1)P(=O)(OC)OC. The van der Waals surface area contributed by atoms with E-state index < -0.39 is 36.8 Å². The highest BCUT2D eigenvalue weighted by atomic mass is 31.2. The van der Waals surface area contributed by atoms with Crippen LogP contribution in [0.4, 0.5) is 0 Å². The van der Waals surface area contributed by atoms with E-state index in [0.29, 0.717) is 24.8 Å². The number of methoxy groups -OCH3 is 1. The molecular weight excluding hydrogens is 367 g/mol. The highest BCUT2D eigenvalue weighted by Crippen LogP contribution is 2.53. The first kappa shape index (κ1) is 20.6. The number of H-pyrrole nitrogens is 1. The van der Waals surface area contributed by atoms with Crippen LogP contribution in [0.1, 0.15) is 30.9 Å². The summed E-state index contributed by atoms with van der Waals surface area (Å²) in [5, 5.41) is 0. The summed E-state index contributed by atoms with van der Waals surface area (Å²) in [4.78, 5) is 37.8. The van der Waals surface area contributed by atoms with Gasteiger partial charge in [-0.2, -0.15) is 0 Å². The van der Waals surface area contributed by atoms with Gasteiger partial charge in [-0.1, -0.05) is 0 Å². The van der Waals surface area contributed by atoms with Crippen molar-refractivity contribution >= 4 is 13.6 Å². The van der Waals surface area contributed by atoms with Crippen LogP contribution in [-0.2, 0) is 27.9 Å². The minimum atomic E-state index is -3.84. The molecule has 0 spiro atoms. The lowest BCUT2D eigenvalue weighted by Crippen LogP contribution is -2.33. The number of hydrogen-bond donors (Lipinski definition) is 1. The molecular formula is C15H23N2O8P. The van der Waals surface area contributed by atoms with Crippen LogP contribution >= 0.6 is 7.60 Å². The van der Waals surface area contributed by atoms with Crippen molar-refractivity contribution in [2.45, 2.75) is 44.2 Å². The number of esters is 1. The van der Waals surface area contributed by atoms with Crippen molar-refractivity contribution in [3.8, 4) is 0 Å². The van der Waals surface area contributed by atoms with Crippen LogP contribution in [0.5, 0.6) is 0 Å². The lowest BCUT2D eigenvalue weighted by atomic mass is 10.2. The minimum Gasteiger partial charge on any atom is -0.467 e. The molecule has 0 aromatic carbocycles. The number of nitrogens with zero attached hydrogens (tertiary/aromatic N) is 1. The van der Waals surface area contributed by atoms with Crippen molar-refractivity contribution in [2.75, 3.05) is 21.3 Å². The van der Waals surface area contributed by atoms with Gasteiger partial charge in [0.05, 0.1) is 13.2 Å². The van der Waals surface area contributed by atoms with E-state index in [-0.39, 0.29) is 6.04 Å². The van der Waals surface area contributed by atoms with Gasteiger partial charge in [0.15, 0.2) is 0 Å². The first-order valence-corrected chi connectivity index (χ1v) is 9.63. The molecule has 1 saturated carbocycles. The van der Waals surface area contributed by atoms with Gasteiger partial charge in [0.2, 0.25) is 0 Å². The molecule has 0 radical (unpaired) electrons. The second-order valence-electron chi connectivity index (χ2n) is 5.98. The predicted molar refractivity (Wildman–Crippen MR) is 91.2 cm³/mol. The van der Waals surface area contributed by atoms with Gasteiger partial charge in [0.1, 0.15) is 0 Å². The van der Waals surface area contributed by atoms with Gasteiger partial charge >= 0.3 is 19.3 Å². The number of carbonyl (C=O) groups is 1. The van der Waals surface area contributed by atoms with Crippen molar-refractivity contribution in [1.82, 2.24) is 9.55 Å². The molecule has 2 rings (SSSR count). The maximum absolute atomic E-state index is 12.6. The number of carbonyl (C=O) groups excluding carboxylic acids is 1. The Morgan fingerprint density at radius 3 is 2.50 bits per heavy atom. The van der Waals surface area contributed by atoms with Crippen LogP contribution in [0, 0.1) is 6.92 Å². The van der Waals surface area contributed by atoms with Crippen molar-refractivity contribution in [1.29, 1.82) is 0 Å². The molecule has 1 aliphatic carbocycles. The largest absolute Gasteiger partial charge is 0.467 e. The third-order valence-electron chi connectivity index (χ3n) is 4.42. The minimum absolute atomic E-state index is 0.217. The van der Waals surface area contributed by atoms with E-state index >= 15 is 0 Å². The molecule has 1 N–H and O–H groups in total. The van der Waals surface area contributed by atoms with Crippen molar-refractivity contribution < 1.29 is 27.9 Å². The first-order valence-electron chi connectivity index (χ1n) is 8.02. The Kier molecular flexibility index (Phi) is 6.57. The Balaban J connectivity index is 2.18. The summed E-state index contributed by atoms with van der Waals surface area (Å²) in [6, 6.07) is -0.217. The highest BCUT2D eigenvalue weighted by molar-refractivity contribution is 7.55. The molecule has 146 valence electrons. The van der Waals surface area contributed by atoms with E-state index in [0.717, 1.165) is 21.3 Å². The molecule has 0 saturated heterocycles. The van der Waals surface area contributed by atoms with Crippen LogP contribution in [0.25, 0.3) is 0 Å². The quantitative estimate of drug-likeness (QED) is 0.538. The summed E-state index contributed by atoms with van der Waals surface area (Å²) in [6.45, 7) is 1.61. The van der Waals surface area contributed by atoms with Gasteiger partial charge < -0.3 is 18.5 Å². The fourth-order valence-corrected chi connectivity index (χ4v) is 4.18. The van der Waals surface area contributed by atoms with Crippen LogP contribution in [-0.4, -0.2) is 48.8 Å². The van der Waals surface area contributed by atoms with Crippen molar-refractivity contribution in [3.63, 3.8) is 0 Å². The maximum atomic E-state index is 12.6. The molecule has 1 aromatic heterocycles. The average molecular weight is 390 g/mol. The molecule has 11 heteroatoms. The molecule has 1 fully saturated rings. The number of hydrogen-bond acceptors (Lipinski definition) is 8. The molecule has 0 aliphatic heterocycles. The van der Waals surface area contributed by atoms with E-state index in [2.05, 4.69) is 9.72 Å². The second-order valence-corrected chi connectivity index (χ2v) is 8.26. The Bertz CT molecular complexity index is 809.